The lowest BCUT2D eigenvalue weighted by molar-refractivity contribution is -0.127. The summed E-state index contributed by atoms with van der Waals surface area (Å²) in [5, 5.41) is 6.84. The number of aromatic nitrogens is 2. The van der Waals surface area contributed by atoms with Crippen molar-refractivity contribution >= 4 is 17.5 Å². The zero-order valence-electron chi connectivity index (χ0n) is 13.8. The van der Waals surface area contributed by atoms with Gasteiger partial charge in [-0.3, -0.25) is 14.3 Å². The van der Waals surface area contributed by atoms with Gasteiger partial charge in [0.1, 0.15) is 12.1 Å². The smallest absolute Gasteiger partial charge is 0.249 e. The van der Waals surface area contributed by atoms with E-state index < -0.39 is 12.1 Å². The maximum Gasteiger partial charge on any atom is 0.249 e. The predicted molar refractivity (Wildman–Crippen MR) is 90.2 cm³/mol. The van der Waals surface area contributed by atoms with Gasteiger partial charge in [-0.1, -0.05) is 29.8 Å². The fraction of sp³-hybridized carbons (Fsp3) is 0.353. The van der Waals surface area contributed by atoms with Crippen LogP contribution < -0.4 is 16.0 Å². The molecule has 1 aliphatic heterocycles. The van der Waals surface area contributed by atoms with Crippen molar-refractivity contribution in [3.8, 4) is 0 Å². The van der Waals surface area contributed by atoms with Crippen LogP contribution in [0.15, 0.2) is 36.7 Å². The van der Waals surface area contributed by atoms with Crippen molar-refractivity contribution in [2.75, 3.05) is 11.4 Å². The minimum Gasteiger partial charge on any atom is -0.343 e. The monoisotopic (exact) mass is 327 g/mol. The Morgan fingerprint density at radius 3 is 2.71 bits per heavy atom. The van der Waals surface area contributed by atoms with E-state index in [1.165, 1.54) is 0 Å². The summed E-state index contributed by atoms with van der Waals surface area (Å²) in [6.45, 7) is 2.52. The fourth-order valence-corrected chi connectivity index (χ4v) is 2.80. The number of nitrogens with two attached hydrogens (primary N) is 1. The van der Waals surface area contributed by atoms with Crippen molar-refractivity contribution in [2.24, 2.45) is 12.8 Å². The van der Waals surface area contributed by atoms with Crippen molar-refractivity contribution in [2.45, 2.75) is 25.4 Å². The Morgan fingerprint density at radius 1 is 1.38 bits per heavy atom. The summed E-state index contributed by atoms with van der Waals surface area (Å²) in [7, 11) is 1.80. The second kappa shape index (κ2) is 6.45. The van der Waals surface area contributed by atoms with E-state index in [9.17, 15) is 9.59 Å². The molecule has 7 nitrogen and oxygen atoms in total. The molecule has 2 heterocycles. The number of hydrogen-bond acceptors (Lipinski definition) is 4. The highest BCUT2D eigenvalue weighted by atomic mass is 16.2. The van der Waals surface area contributed by atoms with Crippen LogP contribution in [0.2, 0.25) is 0 Å². The molecule has 2 unspecified atom stereocenters. The Bertz CT molecular complexity index is 753. The largest absolute Gasteiger partial charge is 0.343 e. The molecule has 3 N–H and O–H groups in total. The van der Waals surface area contributed by atoms with Gasteiger partial charge >= 0.3 is 0 Å². The average molecular weight is 327 g/mol. The van der Waals surface area contributed by atoms with Crippen LogP contribution >= 0.6 is 0 Å². The third-order valence-corrected chi connectivity index (χ3v) is 4.24. The Morgan fingerprint density at radius 2 is 2.08 bits per heavy atom. The number of benzene rings is 1. The van der Waals surface area contributed by atoms with Gasteiger partial charge in [-0.05, 0) is 18.9 Å². The molecule has 1 aliphatic rings. The fourth-order valence-electron chi connectivity index (χ4n) is 2.80. The van der Waals surface area contributed by atoms with E-state index in [1.807, 2.05) is 31.2 Å². The van der Waals surface area contributed by atoms with E-state index in [2.05, 4.69) is 10.4 Å². The minimum absolute atomic E-state index is 0.132. The second-order valence-electron chi connectivity index (χ2n) is 6.10. The van der Waals surface area contributed by atoms with Crippen LogP contribution in [-0.2, 0) is 16.6 Å². The van der Waals surface area contributed by atoms with Crippen LogP contribution in [0, 0.1) is 6.92 Å². The molecule has 0 saturated carbocycles. The number of rotatable bonds is 4. The molecule has 126 valence electrons. The van der Waals surface area contributed by atoms with Crippen molar-refractivity contribution < 1.29 is 9.59 Å². The van der Waals surface area contributed by atoms with Gasteiger partial charge in [-0.2, -0.15) is 5.10 Å². The topological polar surface area (TPSA) is 93.2 Å². The van der Waals surface area contributed by atoms with Gasteiger partial charge in [0.05, 0.1) is 11.9 Å². The number of nitrogens with one attached hydrogen (secondary N) is 1. The van der Waals surface area contributed by atoms with Gasteiger partial charge in [0, 0.05) is 19.8 Å². The number of aryl methyl sites for hydroxylation is 2. The van der Waals surface area contributed by atoms with Crippen molar-refractivity contribution in [1.82, 2.24) is 15.1 Å². The predicted octanol–water partition coefficient (Wildman–Crippen LogP) is 0.650. The van der Waals surface area contributed by atoms with Crippen molar-refractivity contribution in [1.29, 1.82) is 0 Å². The first kappa shape index (κ1) is 16.2. The molecule has 2 amide bonds. The molecular formula is C17H21N5O2. The zero-order valence-corrected chi connectivity index (χ0v) is 13.8. The average Bonchev–Trinajstić information content (AvgIpc) is 3.14. The molecule has 1 aromatic carbocycles. The molecule has 24 heavy (non-hydrogen) atoms. The van der Waals surface area contributed by atoms with E-state index in [4.69, 9.17) is 5.73 Å². The number of hydrogen-bond donors (Lipinski definition) is 2. The normalized spacial score (nSPS) is 18.7. The van der Waals surface area contributed by atoms with Gasteiger partial charge in [0.15, 0.2) is 0 Å². The van der Waals surface area contributed by atoms with Gasteiger partial charge in [0.25, 0.3) is 0 Å². The Hall–Kier alpha value is -2.67. The number of carbonyl (C=O) groups excluding carboxylic acids is 2. The lowest BCUT2D eigenvalue weighted by Gasteiger charge is -2.17. The maximum absolute atomic E-state index is 12.5. The molecule has 7 heteroatoms. The molecule has 3 rings (SSSR count). The van der Waals surface area contributed by atoms with Crippen LogP contribution in [-0.4, -0.2) is 34.2 Å². The summed E-state index contributed by atoms with van der Waals surface area (Å²) >= 11 is 0. The van der Waals surface area contributed by atoms with E-state index in [-0.39, 0.29) is 11.8 Å². The number of carbonyl (C=O) groups is 2. The molecule has 0 spiro atoms. The first-order chi connectivity index (χ1) is 11.5. The first-order valence-electron chi connectivity index (χ1n) is 7.88. The molecule has 1 saturated heterocycles. The van der Waals surface area contributed by atoms with E-state index >= 15 is 0 Å². The van der Waals surface area contributed by atoms with Crippen LogP contribution in [0.3, 0.4) is 0 Å². The Balaban J connectivity index is 1.64. The quantitative estimate of drug-likeness (QED) is 0.862. The Kier molecular flexibility index (Phi) is 4.35. The number of nitrogens with zero attached hydrogens (tertiary/aromatic N) is 3. The molecule has 0 radical (unpaired) electrons. The van der Waals surface area contributed by atoms with Crippen LogP contribution in [0.1, 0.15) is 23.6 Å². The molecule has 2 atom stereocenters. The van der Waals surface area contributed by atoms with E-state index in [0.717, 1.165) is 16.8 Å². The maximum atomic E-state index is 12.5. The number of amides is 2. The molecular weight excluding hydrogens is 306 g/mol. The van der Waals surface area contributed by atoms with E-state index in [0.29, 0.717) is 13.0 Å². The summed E-state index contributed by atoms with van der Waals surface area (Å²) in [4.78, 5) is 26.5. The third kappa shape index (κ3) is 3.16. The third-order valence-electron chi connectivity index (χ3n) is 4.24. The van der Waals surface area contributed by atoms with Crippen LogP contribution in [0.4, 0.5) is 5.69 Å². The summed E-state index contributed by atoms with van der Waals surface area (Å²) < 4.78 is 1.64. The van der Waals surface area contributed by atoms with Gasteiger partial charge in [-0.25, -0.2) is 0 Å². The standard InChI is InChI=1S/C17H21N5O2/c1-11-3-5-12(6-4-11)15(18)16(23)20-14-7-8-22(17(14)24)13-9-19-21(2)10-13/h3-6,9-10,14-15H,7-8,18H2,1-2H3,(H,20,23). The summed E-state index contributed by atoms with van der Waals surface area (Å²) in [5.74, 6) is -0.474. The summed E-state index contributed by atoms with van der Waals surface area (Å²) in [6.07, 6.45) is 3.97. The second-order valence-corrected chi connectivity index (χ2v) is 6.10. The van der Waals surface area contributed by atoms with Gasteiger partial charge < -0.3 is 16.0 Å². The van der Waals surface area contributed by atoms with Crippen LogP contribution in [0.5, 0.6) is 0 Å². The van der Waals surface area contributed by atoms with Crippen LogP contribution in [0.25, 0.3) is 0 Å². The first-order valence-corrected chi connectivity index (χ1v) is 7.88. The SMILES string of the molecule is Cc1ccc(C(N)C(=O)NC2CCN(c3cnn(C)c3)C2=O)cc1. The molecule has 0 bridgehead atoms. The number of anilines is 1. The highest BCUT2D eigenvalue weighted by molar-refractivity contribution is 6.01. The summed E-state index contributed by atoms with van der Waals surface area (Å²) in [6, 6.07) is 6.15. The van der Waals surface area contributed by atoms with Gasteiger partial charge in [-0.15, -0.1) is 0 Å². The van der Waals surface area contributed by atoms with Crippen molar-refractivity contribution in [3.63, 3.8) is 0 Å². The Labute approximate surface area is 140 Å². The zero-order chi connectivity index (χ0) is 17.3. The molecule has 0 aliphatic carbocycles. The minimum atomic E-state index is -0.786. The lowest BCUT2D eigenvalue weighted by Crippen LogP contribution is -2.45. The molecule has 1 aromatic heterocycles. The van der Waals surface area contributed by atoms with Gasteiger partial charge in [0.2, 0.25) is 11.8 Å². The highest BCUT2D eigenvalue weighted by Gasteiger charge is 2.35. The highest BCUT2D eigenvalue weighted by Crippen LogP contribution is 2.21. The molecule has 1 fully saturated rings. The van der Waals surface area contributed by atoms with E-state index in [1.54, 1.807) is 29.0 Å². The molecule has 2 aromatic rings. The lowest BCUT2D eigenvalue weighted by atomic mass is 10.0. The van der Waals surface area contributed by atoms with Crippen molar-refractivity contribution in [3.05, 3.63) is 47.8 Å². The summed E-state index contributed by atoms with van der Waals surface area (Å²) in [5.41, 5.74) is 8.58.